The Hall–Kier alpha value is -4.00. The van der Waals surface area contributed by atoms with E-state index in [-0.39, 0.29) is 17.5 Å². The fraction of sp³-hybridized carbons (Fsp3) is 0.125. The number of likely N-dealkylation sites (N-methyl/N-ethyl adjacent to an activating group) is 1. The van der Waals surface area contributed by atoms with Crippen molar-refractivity contribution >= 4 is 28.2 Å². The zero-order valence-electron chi connectivity index (χ0n) is 16.9. The number of carbonyl (C=O) groups excluding carboxylic acids is 1. The van der Waals surface area contributed by atoms with Crippen molar-refractivity contribution in [3.63, 3.8) is 0 Å². The smallest absolute Gasteiger partial charge is 0.253 e. The summed E-state index contributed by atoms with van der Waals surface area (Å²) in [4.78, 5) is 17.1. The van der Waals surface area contributed by atoms with E-state index in [1.54, 1.807) is 36.2 Å². The van der Waals surface area contributed by atoms with Crippen molar-refractivity contribution in [1.29, 1.82) is 0 Å². The number of hydrogen-bond acceptors (Lipinski definition) is 4. The minimum atomic E-state index is -0.429. The summed E-state index contributed by atoms with van der Waals surface area (Å²) in [6.45, 7) is 0.612. The van der Waals surface area contributed by atoms with Crippen LogP contribution in [0, 0.1) is 5.82 Å². The molecule has 2 N–H and O–H groups in total. The van der Waals surface area contributed by atoms with Crippen LogP contribution in [0.3, 0.4) is 0 Å². The molecule has 0 bridgehead atoms. The minimum absolute atomic E-state index is 0.0795. The Bertz CT molecular complexity index is 1230. The molecule has 7 heteroatoms. The lowest BCUT2D eigenvalue weighted by Crippen LogP contribution is -2.28. The van der Waals surface area contributed by atoms with Crippen molar-refractivity contribution in [3.05, 3.63) is 89.7 Å². The Kier molecular flexibility index (Phi) is 5.75. The number of rotatable bonds is 6. The maximum Gasteiger partial charge on any atom is 0.253 e. The highest BCUT2D eigenvalue weighted by atomic mass is 19.1. The van der Waals surface area contributed by atoms with Gasteiger partial charge in [0.15, 0.2) is 5.69 Å². The first-order valence-electron chi connectivity index (χ1n) is 9.82. The van der Waals surface area contributed by atoms with Crippen LogP contribution in [0.15, 0.2) is 83.0 Å². The number of aromatic hydroxyl groups is 1. The molecular formula is C24H21FN4O2. The maximum atomic E-state index is 13.5. The third-order valence-electron chi connectivity index (χ3n) is 5.02. The normalized spacial score (nSPS) is 11.3. The highest BCUT2D eigenvalue weighted by molar-refractivity contribution is 5.95. The van der Waals surface area contributed by atoms with E-state index in [0.717, 1.165) is 6.42 Å². The van der Waals surface area contributed by atoms with E-state index in [1.165, 1.54) is 23.8 Å². The van der Waals surface area contributed by atoms with Gasteiger partial charge in [-0.15, -0.1) is 5.11 Å². The third-order valence-corrected chi connectivity index (χ3v) is 5.02. The molecule has 0 spiro atoms. The molecule has 1 heterocycles. The van der Waals surface area contributed by atoms with Crippen LogP contribution in [0.25, 0.3) is 10.9 Å². The van der Waals surface area contributed by atoms with Gasteiger partial charge in [-0.05, 0) is 54.4 Å². The van der Waals surface area contributed by atoms with Crippen LogP contribution < -0.4 is 0 Å². The van der Waals surface area contributed by atoms with Gasteiger partial charge in [0.2, 0.25) is 5.88 Å². The molecule has 3 aromatic carbocycles. The quantitative estimate of drug-likeness (QED) is 0.393. The van der Waals surface area contributed by atoms with E-state index in [4.69, 9.17) is 0 Å². The fourth-order valence-electron chi connectivity index (χ4n) is 3.28. The molecule has 156 valence electrons. The second kappa shape index (κ2) is 8.79. The SMILES string of the molecule is CN(CCc1ccccc1)C(=O)c1ccc(N=Nc2c(O)[nH]c3ccc(F)cc23)cc1. The summed E-state index contributed by atoms with van der Waals surface area (Å²) in [7, 11) is 1.78. The average molecular weight is 416 g/mol. The molecule has 0 aliphatic rings. The van der Waals surface area contributed by atoms with Crippen molar-refractivity contribution in [2.24, 2.45) is 10.2 Å². The summed E-state index contributed by atoms with van der Waals surface area (Å²) in [6.07, 6.45) is 0.782. The monoisotopic (exact) mass is 416 g/mol. The van der Waals surface area contributed by atoms with Crippen molar-refractivity contribution in [2.45, 2.75) is 6.42 Å². The predicted octanol–water partition coefficient (Wildman–Crippen LogP) is 5.74. The lowest BCUT2D eigenvalue weighted by atomic mass is 10.1. The second-order valence-corrected chi connectivity index (χ2v) is 7.22. The Labute approximate surface area is 178 Å². The van der Waals surface area contributed by atoms with Crippen molar-refractivity contribution in [1.82, 2.24) is 9.88 Å². The van der Waals surface area contributed by atoms with Crippen LogP contribution >= 0.6 is 0 Å². The van der Waals surface area contributed by atoms with E-state index < -0.39 is 5.82 Å². The maximum absolute atomic E-state index is 13.5. The van der Waals surface area contributed by atoms with E-state index in [1.807, 2.05) is 30.3 Å². The molecular weight excluding hydrogens is 395 g/mol. The summed E-state index contributed by atoms with van der Waals surface area (Å²) in [5.74, 6) is -0.692. The number of fused-ring (bicyclic) bond motifs is 1. The van der Waals surface area contributed by atoms with Gasteiger partial charge in [0.25, 0.3) is 5.91 Å². The molecule has 0 saturated heterocycles. The fourth-order valence-corrected chi connectivity index (χ4v) is 3.28. The highest BCUT2D eigenvalue weighted by Gasteiger charge is 2.13. The van der Waals surface area contributed by atoms with Crippen LogP contribution in [-0.2, 0) is 6.42 Å². The van der Waals surface area contributed by atoms with E-state index in [0.29, 0.717) is 28.7 Å². The number of aromatic amines is 1. The molecule has 4 rings (SSSR count). The Morgan fingerprint density at radius 2 is 1.77 bits per heavy atom. The first-order valence-corrected chi connectivity index (χ1v) is 9.82. The molecule has 31 heavy (non-hydrogen) atoms. The van der Waals surface area contributed by atoms with Crippen LogP contribution in [0.1, 0.15) is 15.9 Å². The van der Waals surface area contributed by atoms with Crippen LogP contribution in [0.2, 0.25) is 0 Å². The number of aromatic nitrogens is 1. The van der Waals surface area contributed by atoms with Crippen molar-refractivity contribution in [2.75, 3.05) is 13.6 Å². The summed E-state index contributed by atoms with van der Waals surface area (Å²) in [5, 5.41) is 18.6. The van der Waals surface area contributed by atoms with Gasteiger partial charge in [0.1, 0.15) is 5.82 Å². The molecule has 0 radical (unpaired) electrons. The van der Waals surface area contributed by atoms with Gasteiger partial charge in [-0.25, -0.2) is 4.39 Å². The van der Waals surface area contributed by atoms with Crippen LogP contribution in [0.5, 0.6) is 5.88 Å². The van der Waals surface area contributed by atoms with Gasteiger partial charge in [-0.1, -0.05) is 30.3 Å². The largest absolute Gasteiger partial charge is 0.493 e. The Balaban J connectivity index is 1.44. The summed E-state index contributed by atoms with van der Waals surface area (Å²) < 4.78 is 13.5. The van der Waals surface area contributed by atoms with Crippen molar-refractivity contribution < 1.29 is 14.3 Å². The zero-order chi connectivity index (χ0) is 21.8. The van der Waals surface area contributed by atoms with E-state index >= 15 is 0 Å². The lowest BCUT2D eigenvalue weighted by molar-refractivity contribution is 0.0796. The molecule has 1 aromatic heterocycles. The molecule has 6 nitrogen and oxygen atoms in total. The number of nitrogens with zero attached hydrogens (tertiary/aromatic N) is 3. The molecule has 1 amide bonds. The first-order chi connectivity index (χ1) is 15.0. The molecule has 0 aliphatic heterocycles. The second-order valence-electron chi connectivity index (χ2n) is 7.22. The first kappa shape index (κ1) is 20.3. The van der Waals surface area contributed by atoms with Gasteiger partial charge in [-0.2, -0.15) is 5.11 Å². The molecule has 0 unspecified atom stereocenters. The van der Waals surface area contributed by atoms with Crippen molar-refractivity contribution in [3.8, 4) is 5.88 Å². The minimum Gasteiger partial charge on any atom is -0.493 e. The number of H-pyrrole nitrogens is 1. The average Bonchev–Trinajstić information content (AvgIpc) is 3.10. The van der Waals surface area contributed by atoms with Gasteiger partial charge in [0, 0.05) is 24.5 Å². The number of azo groups is 1. The Morgan fingerprint density at radius 3 is 2.52 bits per heavy atom. The summed E-state index contributed by atoms with van der Waals surface area (Å²) >= 11 is 0. The predicted molar refractivity (Wildman–Crippen MR) is 118 cm³/mol. The molecule has 0 atom stereocenters. The molecule has 0 aliphatic carbocycles. The van der Waals surface area contributed by atoms with Crippen LogP contribution in [-0.4, -0.2) is 34.5 Å². The number of nitrogens with one attached hydrogen (secondary N) is 1. The van der Waals surface area contributed by atoms with Crippen LogP contribution in [0.4, 0.5) is 15.8 Å². The van der Waals surface area contributed by atoms with E-state index in [2.05, 4.69) is 15.2 Å². The number of carbonyl (C=O) groups is 1. The number of halogens is 1. The summed E-state index contributed by atoms with van der Waals surface area (Å²) in [6, 6.07) is 20.8. The lowest BCUT2D eigenvalue weighted by Gasteiger charge is -2.17. The third kappa shape index (κ3) is 4.61. The molecule has 4 aromatic rings. The highest BCUT2D eigenvalue weighted by Crippen LogP contribution is 2.36. The number of amides is 1. The van der Waals surface area contributed by atoms with Gasteiger partial charge in [-0.3, -0.25) is 4.79 Å². The topological polar surface area (TPSA) is 81.1 Å². The zero-order valence-corrected chi connectivity index (χ0v) is 16.9. The van der Waals surface area contributed by atoms with Gasteiger partial charge in [0.05, 0.1) is 11.2 Å². The Morgan fingerprint density at radius 1 is 1.03 bits per heavy atom. The summed E-state index contributed by atoms with van der Waals surface area (Å²) in [5.41, 5.74) is 2.96. The van der Waals surface area contributed by atoms with E-state index in [9.17, 15) is 14.3 Å². The molecule has 0 fully saturated rings. The van der Waals surface area contributed by atoms with Gasteiger partial charge < -0.3 is 15.0 Å². The number of benzene rings is 3. The number of hydrogen-bond donors (Lipinski definition) is 2. The molecule has 0 saturated carbocycles. The van der Waals surface area contributed by atoms with Gasteiger partial charge >= 0.3 is 0 Å². The standard InChI is InChI=1S/C24H21FN4O2/c1-29(14-13-16-5-3-2-4-6-16)24(31)17-7-10-19(11-8-17)27-28-22-20-15-18(25)9-12-21(20)26-23(22)30/h2-12,15,26,30H,13-14H2,1H3.